The summed E-state index contributed by atoms with van der Waals surface area (Å²) in [6.45, 7) is 1.45. The molecule has 1 saturated carbocycles. The molecule has 0 saturated heterocycles. The second-order valence-electron chi connectivity index (χ2n) is 6.61. The molecule has 0 radical (unpaired) electrons. The first-order valence-electron chi connectivity index (χ1n) is 8.08. The van der Waals surface area contributed by atoms with Gasteiger partial charge in [-0.1, -0.05) is 42.5 Å². The lowest BCUT2D eigenvalue weighted by atomic mass is 9.86. The third-order valence-corrected chi connectivity index (χ3v) is 5.13. The van der Waals surface area contributed by atoms with Crippen LogP contribution in [0.4, 0.5) is 0 Å². The number of carbonyl (C=O) groups is 1. The van der Waals surface area contributed by atoms with E-state index in [0.717, 1.165) is 29.6 Å². The van der Waals surface area contributed by atoms with Crippen LogP contribution in [0.15, 0.2) is 48.6 Å². The maximum absolute atomic E-state index is 11.3. The Hall–Kier alpha value is -2.09. The van der Waals surface area contributed by atoms with E-state index in [-0.39, 0.29) is 5.97 Å². The van der Waals surface area contributed by atoms with Crippen molar-refractivity contribution in [1.82, 2.24) is 0 Å². The highest BCUT2D eigenvalue weighted by Crippen LogP contribution is 2.45. The lowest BCUT2D eigenvalue weighted by molar-refractivity contribution is -0.131. The van der Waals surface area contributed by atoms with Gasteiger partial charge in [0, 0.05) is 12.3 Å². The minimum absolute atomic E-state index is 0.267. The van der Waals surface area contributed by atoms with Crippen LogP contribution < -0.4 is 4.74 Å². The smallest absolute Gasteiger partial charge is 0.308 e. The maximum atomic E-state index is 11.3. The fraction of sp³-hybridized carbons (Fsp3) is 0.350. The summed E-state index contributed by atoms with van der Waals surface area (Å²) in [5, 5.41) is 2.25. The number of fused-ring (bicyclic) bond motifs is 3. The average molecular weight is 292 g/mol. The molecule has 2 aromatic rings. The van der Waals surface area contributed by atoms with Crippen molar-refractivity contribution in [2.45, 2.75) is 26.2 Å². The van der Waals surface area contributed by atoms with Gasteiger partial charge in [0.2, 0.25) is 0 Å². The van der Waals surface area contributed by atoms with Crippen LogP contribution in [0.5, 0.6) is 5.75 Å². The predicted octanol–water partition coefficient (Wildman–Crippen LogP) is 4.52. The van der Waals surface area contributed by atoms with Crippen LogP contribution in [0, 0.1) is 17.8 Å². The van der Waals surface area contributed by atoms with E-state index < -0.39 is 0 Å². The average Bonchev–Trinajstić information content (AvgIpc) is 3.12. The number of benzene rings is 2. The van der Waals surface area contributed by atoms with Gasteiger partial charge in [-0.3, -0.25) is 4.79 Å². The van der Waals surface area contributed by atoms with Crippen molar-refractivity contribution in [2.24, 2.45) is 17.8 Å². The monoisotopic (exact) mass is 292 g/mol. The summed E-state index contributed by atoms with van der Waals surface area (Å²) >= 11 is 0. The van der Waals surface area contributed by atoms with Crippen LogP contribution in [-0.4, -0.2) is 5.97 Å². The number of hydrogen-bond acceptors (Lipinski definition) is 2. The number of esters is 1. The summed E-state index contributed by atoms with van der Waals surface area (Å²) in [7, 11) is 0. The molecule has 0 aromatic heterocycles. The van der Waals surface area contributed by atoms with E-state index >= 15 is 0 Å². The molecule has 0 spiro atoms. The van der Waals surface area contributed by atoms with Crippen molar-refractivity contribution in [2.75, 3.05) is 0 Å². The Kier molecular flexibility index (Phi) is 3.25. The molecule has 3 unspecified atom stereocenters. The van der Waals surface area contributed by atoms with Crippen molar-refractivity contribution in [3.63, 3.8) is 0 Å². The number of rotatable bonds is 3. The Labute approximate surface area is 130 Å². The van der Waals surface area contributed by atoms with Gasteiger partial charge >= 0.3 is 5.97 Å². The van der Waals surface area contributed by atoms with Gasteiger partial charge in [0.05, 0.1) is 0 Å². The normalized spacial score (nSPS) is 25.8. The lowest BCUT2D eigenvalue weighted by Crippen LogP contribution is -2.10. The topological polar surface area (TPSA) is 26.3 Å². The van der Waals surface area contributed by atoms with Gasteiger partial charge in [-0.05, 0) is 54.0 Å². The zero-order valence-corrected chi connectivity index (χ0v) is 12.8. The number of allylic oxidation sites excluding steroid dienone is 2. The van der Waals surface area contributed by atoms with Crippen LogP contribution in [0.3, 0.4) is 0 Å². The number of ether oxygens (including phenoxy) is 1. The molecular formula is C20H20O2. The minimum Gasteiger partial charge on any atom is -0.426 e. The summed E-state index contributed by atoms with van der Waals surface area (Å²) in [6.07, 6.45) is 8.58. The highest BCUT2D eigenvalue weighted by atomic mass is 16.5. The summed E-state index contributed by atoms with van der Waals surface area (Å²) < 4.78 is 5.35. The molecule has 0 amide bonds. The maximum Gasteiger partial charge on any atom is 0.308 e. The Morgan fingerprint density at radius 1 is 1.09 bits per heavy atom. The second-order valence-corrected chi connectivity index (χ2v) is 6.61. The summed E-state index contributed by atoms with van der Waals surface area (Å²) in [5.74, 6) is 2.73. The Morgan fingerprint density at radius 2 is 1.91 bits per heavy atom. The first-order chi connectivity index (χ1) is 10.7. The highest BCUT2D eigenvalue weighted by molar-refractivity contribution is 5.92. The van der Waals surface area contributed by atoms with E-state index in [1.54, 1.807) is 0 Å². The molecule has 22 heavy (non-hydrogen) atoms. The quantitative estimate of drug-likeness (QED) is 0.472. The lowest BCUT2D eigenvalue weighted by Gasteiger charge is -2.19. The predicted molar refractivity (Wildman–Crippen MR) is 87.8 cm³/mol. The first kappa shape index (κ1) is 13.6. The Morgan fingerprint density at radius 3 is 2.59 bits per heavy atom. The van der Waals surface area contributed by atoms with Crippen molar-refractivity contribution >= 4 is 16.7 Å². The summed E-state index contributed by atoms with van der Waals surface area (Å²) in [4.78, 5) is 11.3. The standard InChI is InChI=1S/C20H20O2/c1-13(21)22-20-9-8-16(18-4-2-3-5-19(18)20)12-17-11-14-6-7-15(17)10-14/h2-9,14-15,17H,10-12H2,1H3. The molecule has 0 heterocycles. The van der Waals surface area contributed by atoms with E-state index in [9.17, 15) is 4.79 Å². The molecule has 2 heteroatoms. The highest BCUT2D eigenvalue weighted by Gasteiger charge is 2.35. The Bertz CT molecular complexity index is 759. The van der Waals surface area contributed by atoms with Gasteiger partial charge in [0.25, 0.3) is 0 Å². The van der Waals surface area contributed by atoms with Crippen LogP contribution in [0.2, 0.25) is 0 Å². The van der Waals surface area contributed by atoms with Crippen molar-refractivity contribution in [3.8, 4) is 5.75 Å². The number of carbonyl (C=O) groups excluding carboxylic acids is 1. The molecule has 2 aromatic carbocycles. The van der Waals surface area contributed by atoms with E-state index in [1.165, 1.54) is 30.7 Å². The molecule has 2 aliphatic carbocycles. The second kappa shape index (κ2) is 5.28. The molecule has 0 aliphatic heterocycles. The minimum atomic E-state index is -0.267. The summed E-state index contributed by atoms with van der Waals surface area (Å²) in [6, 6.07) is 12.3. The molecule has 112 valence electrons. The van der Waals surface area contributed by atoms with Gasteiger partial charge in [-0.2, -0.15) is 0 Å². The SMILES string of the molecule is CC(=O)Oc1ccc(CC2CC3C=CC2C3)c2ccccc12. The molecule has 0 N–H and O–H groups in total. The third-order valence-electron chi connectivity index (χ3n) is 5.13. The van der Waals surface area contributed by atoms with Crippen LogP contribution >= 0.6 is 0 Å². The number of hydrogen-bond donors (Lipinski definition) is 0. The van der Waals surface area contributed by atoms with Crippen LogP contribution in [-0.2, 0) is 11.2 Å². The zero-order chi connectivity index (χ0) is 15.1. The van der Waals surface area contributed by atoms with Gasteiger partial charge in [-0.15, -0.1) is 0 Å². The van der Waals surface area contributed by atoms with Crippen LogP contribution in [0.1, 0.15) is 25.3 Å². The van der Waals surface area contributed by atoms with Crippen molar-refractivity contribution in [3.05, 3.63) is 54.1 Å². The fourth-order valence-electron chi connectivity index (χ4n) is 4.17. The van der Waals surface area contributed by atoms with E-state index in [1.807, 2.05) is 18.2 Å². The first-order valence-corrected chi connectivity index (χ1v) is 8.08. The molecule has 3 atom stereocenters. The van der Waals surface area contributed by atoms with E-state index in [4.69, 9.17) is 4.74 Å². The van der Waals surface area contributed by atoms with E-state index in [2.05, 4.69) is 30.4 Å². The van der Waals surface area contributed by atoms with Gasteiger partial charge in [-0.25, -0.2) is 0 Å². The zero-order valence-electron chi connectivity index (χ0n) is 12.8. The molecule has 2 nitrogen and oxygen atoms in total. The fourth-order valence-corrected chi connectivity index (χ4v) is 4.17. The van der Waals surface area contributed by atoms with Gasteiger partial charge in [0.15, 0.2) is 0 Å². The van der Waals surface area contributed by atoms with Gasteiger partial charge in [0.1, 0.15) is 5.75 Å². The summed E-state index contributed by atoms with van der Waals surface area (Å²) in [5.41, 5.74) is 1.37. The molecular weight excluding hydrogens is 272 g/mol. The molecule has 2 aliphatic rings. The third kappa shape index (κ3) is 2.33. The van der Waals surface area contributed by atoms with Gasteiger partial charge < -0.3 is 4.74 Å². The van der Waals surface area contributed by atoms with Crippen molar-refractivity contribution < 1.29 is 9.53 Å². The Balaban J connectivity index is 1.69. The molecule has 2 bridgehead atoms. The largest absolute Gasteiger partial charge is 0.426 e. The van der Waals surface area contributed by atoms with Crippen molar-refractivity contribution in [1.29, 1.82) is 0 Å². The molecule has 4 rings (SSSR count). The molecule has 1 fully saturated rings. The van der Waals surface area contributed by atoms with E-state index in [0.29, 0.717) is 5.75 Å². The van der Waals surface area contributed by atoms with Crippen LogP contribution in [0.25, 0.3) is 10.8 Å².